The van der Waals surface area contributed by atoms with Gasteiger partial charge in [0.25, 0.3) is 11.8 Å². The third kappa shape index (κ3) is 5.86. The second kappa shape index (κ2) is 10.9. The molecule has 1 fully saturated rings. The topological polar surface area (TPSA) is 64.7 Å². The lowest BCUT2D eigenvalue weighted by Crippen LogP contribution is -2.49. The first kappa shape index (κ1) is 24.0. The molecule has 0 radical (unpaired) electrons. The lowest BCUT2D eigenvalue weighted by atomic mass is 10.1. The number of anilines is 2. The molecule has 0 spiro atoms. The predicted octanol–water partition coefficient (Wildman–Crippen LogP) is 5.08. The van der Waals surface area contributed by atoms with Crippen LogP contribution in [0.15, 0.2) is 72.8 Å². The van der Waals surface area contributed by atoms with Gasteiger partial charge in [-0.25, -0.2) is 0 Å². The molecule has 2 N–H and O–H groups in total. The van der Waals surface area contributed by atoms with E-state index in [-0.39, 0.29) is 16.9 Å². The van der Waals surface area contributed by atoms with Gasteiger partial charge < -0.3 is 15.1 Å². The van der Waals surface area contributed by atoms with Gasteiger partial charge >= 0.3 is 0 Å². The monoisotopic (exact) mass is 512 g/mol. The maximum absolute atomic E-state index is 12.8. The SMILES string of the molecule is O=C(NC(=S)Nc1ccccc1N1CCN(C(=O)c2ccc(Cl)cc2)CC1)c1ccc(Cl)cc1. The minimum Gasteiger partial charge on any atom is -0.366 e. The van der Waals surface area contributed by atoms with E-state index in [9.17, 15) is 9.59 Å². The van der Waals surface area contributed by atoms with Gasteiger partial charge in [0.15, 0.2) is 5.11 Å². The summed E-state index contributed by atoms with van der Waals surface area (Å²) in [6, 6.07) is 21.3. The highest BCUT2D eigenvalue weighted by molar-refractivity contribution is 7.80. The average Bonchev–Trinajstić information content (AvgIpc) is 2.85. The minimum absolute atomic E-state index is 0.00573. The Balaban J connectivity index is 1.37. The zero-order chi connectivity index (χ0) is 24.1. The van der Waals surface area contributed by atoms with Crippen molar-refractivity contribution in [1.82, 2.24) is 10.2 Å². The molecule has 2 amide bonds. The van der Waals surface area contributed by atoms with Gasteiger partial charge in [0, 0.05) is 47.4 Å². The summed E-state index contributed by atoms with van der Waals surface area (Å²) in [6.45, 7) is 2.52. The molecule has 174 valence electrons. The Labute approximate surface area is 213 Å². The molecular weight excluding hydrogens is 491 g/mol. The van der Waals surface area contributed by atoms with E-state index in [4.69, 9.17) is 35.4 Å². The number of nitrogens with one attached hydrogen (secondary N) is 2. The molecule has 3 aromatic rings. The van der Waals surface area contributed by atoms with Gasteiger partial charge in [0.1, 0.15) is 0 Å². The number of piperazine rings is 1. The van der Waals surface area contributed by atoms with E-state index < -0.39 is 0 Å². The third-order valence-electron chi connectivity index (χ3n) is 5.48. The number of hydrogen-bond donors (Lipinski definition) is 2. The summed E-state index contributed by atoms with van der Waals surface area (Å²) in [5, 5.41) is 7.18. The first-order valence-corrected chi connectivity index (χ1v) is 11.8. The standard InChI is InChI=1S/C25H22Cl2N4O2S/c26-19-9-5-17(6-10-19)23(32)29-25(34)28-21-3-1-2-4-22(21)30-13-15-31(16-14-30)24(33)18-7-11-20(27)12-8-18/h1-12H,13-16H2,(H2,28,29,32,34). The molecule has 0 bridgehead atoms. The molecule has 1 aliphatic rings. The number of rotatable bonds is 4. The molecule has 1 saturated heterocycles. The fourth-order valence-corrected chi connectivity index (χ4v) is 4.17. The second-order valence-corrected chi connectivity index (χ2v) is 9.00. The number of thiocarbonyl (C=S) groups is 1. The number of hydrogen-bond acceptors (Lipinski definition) is 4. The van der Waals surface area contributed by atoms with E-state index in [0.29, 0.717) is 47.4 Å². The molecule has 0 aliphatic carbocycles. The number of benzene rings is 3. The Morgan fingerprint density at radius 3 is 1.94 bits per heavy atom. The molecule has 0 atom stereocenters. The molecule has 9 heteroatoms. The first-order valence-electron chi connectivity index (χ1n) is 10.7. The first-order chi connectivity index (χ1) is 16.4. The summed E-state index contributed by atoms with van der Waals surface area (Å²) in [7, 11) is 0. The van der Waals surface area contributed by atoms with Gasteiger partial charge in [-0.3, -0.25) is 14.9 Å². The Morgan fingerprint density at radius 2 is 1.32 bits per heavy atom. The number of nitrogens with zero attached hydrogens (tertiary/aromatic N) is 2. The van der Waals surface area contributed by atoms with E-state index in [1.165, 1.54) is 0 Å². The molecule has 1 heterocycles. The number of para-hydroxylation sites is 2. The van der Waals surface area contributed by atoms with Crippen LogP contribution >= 0.6 is 35.4 Å². The Kier molecular flexibility index (Phi) is 7.67. The van der Waals surface area contributed by atoms with Gasteiger partial charge in [-0.15, -0.1) is 0 Å². The molecule has 0 aromatic heterocycles. The van der Waals surface area contributed by atoms with E-state index in [1.54, 1.807) is 48.5 Å². The highest BCUT2D eigenvalue weighted by Gasteiger charge is 2.23. The van der Waals surface area contributed by atoms with Gasteiger partial charge in [0.05, 0.1) is 11.4 Å². The summed E-state index contributed by atoms with van der Waals surface area (Å²) in [5.41, 5.74) is 2.82. The molecular formula is C25H22Cl2N4O2S. The predicted molar refractivity (Wildman–Crippen MR) is 141 cm³/mol. The van der Waals surface area contributed by atoms with Crippen LogP contribution in [-0.2, 0) is 0 Å². The van der Waals surface area contributed by atoms with Crippen LogP contribution < -0.4 is 15.5 Å². The van der Waals surface area contributed by atoms with Gasteiger partial charge in [-0.05, 0) is 72.9 Å². The highest BCUT2D eigenvalue weighted by Crippen LogP contribution is 2.27. The van der Waals surface area contributed by atoms with Crippen molar-refractivity contribution < 1.29 is 9.59 Å². The van der Waals surface area contributed by atoms with E-state index in [2.05, 4.69) is 15.5 Å². The fourth-order valence-electron chi connectivity index (χ4n) is 3.71. The normalized spacial score (nSPS) is 13.4. The Bertz CT molecular complexity index is 1190. The van der Waals surface area contributed by atoms with Crippen molar-refractivity contribution in [3.05, 3.63) is 94.0 Å². The third-order valence-corrected chi connectivity index (χ3v) is 6.19. The molecule has 1 aliphatic heterocycles. The van der Waals surface area contributed by atoms with Crippen LogP contribution in [0.1, 0.15) is 20.7 Å². The number of carbonyl (C=O) groups is 2. The van der Waals surface area contributed by atoms with Crippen LogP contribution in [0.3, 0.4) is 0 Å². The summed E-state index contributed by atoms with van der Waals surface area (Å²) < 4.78 is 0. The van der Waals surface area contributed by atoms with Crippen molar-refractivity contribution in [3.63, 3.8) is 0 Å². The molecule has 0 saturated carbocycles. The summed E-state index contributed by atoms with van der Waals surface area (Å²) >= 11 is 17.2. The van der Waals surface area contributed by atoms with Crippen molar-refractivity contribution in [1.29, 1.82) is 0 Å². The van der Waals surface area contributed by atoms with Crippen LogP contribution in [0, 0.1) is 0 Å². The van der Waals surface area contributed by atoms with Gasteiger partial charge in [-0.2, -0.15) is 0 Å². The fraction of sp³-hybridized carbons (Fsp3) is 0.160. The summed E-state index contributed by atoms with van der Waals surface area (Å²) in [4.78, 5) is 29.3. The highest BCUT2D eigenvalue weighted by atomic mass is 35.5. The van der Waals surface area contributed by atoms with Crippen molar-refractivity contribution in [2.24, 2.45) is 0 Å². The molecule has 6 nitrogen and oxygen atoms in total. The summed E-state index contributed by atoms with van der Waals surface area (Å²) in [6.07, 6.45) is 0. The van der Waals surface area contributed by atoms with Crippen LogP contribution in [0.5, 0.6) is 0 Å². The van der Waals surface area contributed by atoms with Crippen LogP contribution in [0.2, 0.25) is 10.0 Å². The van der Waals surface area contributed by atoms with Crippen LogP contribution in [-0.4, -0.2) is 48.0 Å². The van der Waals surface area contributed by atoms with E-state index in [1.807, 2.05) is 29.2 Å². The maximum atomic E-state index is 12.8. The number of halogens is 2. The molecule has 34 heavy (non-hydrogen) atoms. The van der Waals surface area contributed by atoms with E-state index >= 15 is 0 Å². The molecule has 3 aromatic carbocycles. The second-order valence-electron chi connectivity index (χ2n) is 7.72. The van der Waals surface area contributed by atoms with Crippen molar-refractivity contribution >= 4 is 63.7 Å². The van der Waals surface area contributed by atoms with Gasteiger partial charge in [-0.1, -0.05) is 35.3 Å². The van der Waals surface area contributed by atoms with Crippen molar-refractivity contribution in [2.45, 2.75) is 0 Å². The van der Waals surface area contributed by atoms with E-state index in [0.717, 1.165) is 11.4 Å². The Hall–Kier alpha value is -3.13. The number of amides is 2. The molecule has 4 rings (SSSR count). The summed E-state index contributed by atoms with van der Waals surface area (Å²) in [5.74, 6) is -0.324. The lowest BCUT2D eigenvalue weighted by Gasteiger charge is -2.37. The number of carbonyl (C=O) groups excluding carboxylic acids is 2. The minimum atomic E-state index is -0.319. The lowest BCUT2D eigenvalue weighted by molar-refractivity contribution is 0.0746. The smallest absolute Gasteiger partial charge is 0.257 e. The van der Waals surface area contributed by atoms with Crippen molar-refractivity contribution in [2.75, 3.05) is 36.4 Å². The van der Waals surface area contributed by atoms with Gasteiger partial charge in [0.2, 0.25) is 0 Å². The zero-order valence-corrected chi connectivity index (χ0v) is 20.5. The van der Waals surface area contributed by atoms with Crippen LogP contribution in [0.25, 0.3) is 0 Å². The average molecular weight is 513 g/mol. The molecule has 0 unspecified atom stereocenters. The largest absolute Gasteiger partial charge is 0.366 e. The zero-order valence-electron chi connectivity index (χ0n) is 18.1. The van der Waals surface area contributed by atoms with Crippen LogP contribution in [0.4, 0.5) is 11.4 Å². The maximum Gasteiger partial charge on any atom is 0.257 e. The quantitative estimate of drug-likeness (QED) is 0.477. The van der Waals surface area contributed by atoms with Crippen molar-refractivity contribution in [3.8, 4) is 0 Å². The Morgan fingerprint density at radius 1 is 0.765 bits per heavy atom.